The van der Waals surface area contributed by atoms with Crippen LogP contribution in [0.25, 0.3) is 0 Å². The second-order valence-electron chi connectivity index (χ2n) is 4.29. The molecular formula is C15H18BrN3S. The number of aromatic nitrogens is 2. The Morgan fingerprint density at radius 2 is 2.05 bits per heavy atom. The highest BCUT2D eigenvalue weighted by Crippen LogP contribution is 2.24. The summed E-state index contributed by atoms with van der Waals surface area (Å²) in [6.07, 6.45) is 0.926. The first-order valence-corrected chi connectivity index (χ1v) is 8.48. The third kappa shape index (κ3) is 4.49. The number of hydrogen-bond donors (Lipinski definition) is 1. The molecule has 3 nitrogen and oxygen atoms in total. The maximum Gasteiger partial charge on any atom is 0.141 e. The molecule has 0 unspecified atom stereocenters. The Morgan fingerprint density at radius 1 is 1.20 bits per heavy atom. The molecule has 0 radical (unpaired) electrons. The predicted octanol–water partition coefficient (Wildman–Crippen LogP) is 4.53. The maximum absolute atomic E-state index is 4.59. The quantitative estimate of drug-likeness (QED) is 0.776. The average Bonchev–Trinajstić information content (AvgIpc) is 2.45. The molecule has 0 aliphatic carbocycles. The van der Waals surface area contributed by atoms with Crippen molar-refractivity contribution in [3.05, 3.63) is 46.3 Å². The lowest BCUT2D eigenvalue weighted by Gasteiger charge is -2.08. The van der Waals surface area contributed by atoms with Crippen molar-refractivity contribution in [2.24, 2.45) is 0 Å². The molecular weight excluding hydrogens is 334 g/mol. The van der Waals surface area contributed by atoms with Gasteiger partial charge in [0.2, 0.25) is 0 Å². The lowest BCUT2D eigenvalue weighted by molar-refractivity contribution is 0.936. The molecule has 106 valence electrons. The van der Waals surface area contributed by atoms with Gasteiger partial charge in [0.05, 0.1) is 5.75 Å². The van der Waals surface area contributed by atoms with Crippen molar-refractivity contribution >= 4 is 33.5 Å². The Balaban J connectivity index is 2.10. The zero-order valence-electron chi connectivity index (χ0n) is 11.7. The summed E-state index contributed by atoms with van der Waals surface area (Å²) in [4.78, 5) is 10.4. The van der Waals surface area contributed by atoms with E-state index in [1.807, 2.05) is 18.2 Å². The standard InChI is InChI=1S/C15H18BrN3S/c1-3-12-9-14(17-4-2)19-15(18-12)10-20-13-7-5-6-11(16)8-13/h5-9H,3-4,10H2,1-2H3,(H,17,18,19). The van der Waals surface area contributed by atoms with E-state index in [0.29, 0.717) is 0 Å². The topological polar surface area (TPSA) is 37.8 Å². The SMILES string of the molecule is CCNc1cc(CC)nc(CSc2cccc(Br)c2)n1. The summed E-state index contributed by atoms with van der Waals surface area (Å²) in [6.45, 7) is 5.06. The number of aryl methyl sites for hydroxylation is 1. The van der Waals surface area contributed by atoms with Crippen molar-refractivity contribution in [2.45, 2.75) is 30.9 Å². The molecule has 20 heavy (non-hydrogen) atoms. The zero-order valence-corrected chi connectivity index (χ0v) is 14.1. The molecule has 0 saturated heterocycles. The molecule has 0 saturated carbocycles. The van der Waals surface area contributed by atoms with Gasteiger partial charge >= 0.3 is 0 Å². The van der Waals surface area contributed by atoms with Gasteiger partial charge in [-0.05, 0) is 31.5 Å². The van der Waals surface area contributed by atoms with Gasteiger partial charge in [-0.3, -0.25) is 0 Å². The fourth-order valence-electron chi connectivity index (χ4n) is 1.77. The van der Waals surface area contributed by atoms with E-state index in [2.05, 4.69) is 57.2 Å². The van der Waals surface area contributed by atoms with E-state index in [4.69, 9.17) is 0 Å². The van der Waals surface area contributed by atoms with Crippen LogP contribution in [-0.2, 0) is 12.2 Å². The summed E-state index contributed by atoms with van der Waals surface area (Å²) in [5.74, 6) is 2.58. The van der Waals surface area contributed by atoms with Crippen LogP contribution in [0.1, 0.15) is 25.4 Å². The van der Waals surface area contributed by atoms with Crippen LogP contribution >= 0.6 is 27.7 Å². The second kappa shape index (κ2) is 7.64. The predicted molar refractivity (Wildman–Crippen MR) is 89.3 cm³/mol. The highest BCUT2D eigenvalue weighted by Gasteiger charge is 2.04. The van der Waals surface area contributed by atoms with Crippen LogP contribution in [0.15, 0.2) is 39.7 Å². The van der Waals surface area contributed by atoms with E-state index in [1.165, 1.54) is 4.90 Å². The van der Waals surface area contributed by atoms with E-state index < -0.39 is 0 Å². The van der Waals surface area contributed by atoms with Crippen molar-refractivity contribution in [3.63, 3.8) is 0 Å². The minimum Gasteiger partial charge on any atom is -0.370 e. The lowest BCUT2D eigenvalue weighted by atomic mass is 10.3. The van der Waals surface area contributed by atoms with Gasteiger partial charge in [-0.2, -0.15) is 0 Å². The highest BCUT2D eigenvalue weighted by molar-refractivity contribution is 9.10. The molecule has 1 N–H and O–H groups in total. The average molecular weight is 352 g/mol. The molecule has 2 aromatic rings. The summed E-state index contributed by atoms with van der Waals surface area (Å²) in [5, 5.41) is 3.26. The normalized spacial score (nSPS) is 10.6. The van der Waals surface area contributed by atoms with E-state index in [-0.39, 0.29) is 0 Å². The Bertz CT molecular complexity index is 575. The Hall–Kier alpha value is -1.07. The first kappa shape index (κ1) is 15.3. The van der Waals surface area contributed by atoms with Crippen LogP contribution in [0.4, 0.5) is 5.82 Å². The Kier molecular flexibility index (Phi) is 5.86. The summed E-state index contributed by atoms with van der Waals surface area (Å²) in [6, 6.07) is 10.3. The first-order valence-electron chi connectivity index (χ1n) is 6.70. The van der Waals surface area contributed by atoms with Crippen molar-refractivity contribution in [1.82, 2.24) is 9.97 Å². The molecule has 0 atom stereocenters. The van der Waals surface area contributed by atoms with E-state index >= 15 is 0 Å². The van der Waals surface area contributed by atoms with Crippen LogP contribution in [0.3, 0.4) is 0 Å². The third-order valence-electron chi connectivity index (χ3n) is 2.71. The molecule has 0 bridgehead atoms. The molecule has 2 rings (SSSR count). The van der Waals surface area contributed by atoms with E-state index in [1.54, 1.807) is 11.8 Å². The Morgan fingerprint density at radius 3 is 2.75 bits per heavy atom. The molecule has 1 aromatic carbocycles. The summed E-state index contributed by atoms with van der Waals surface area (Å²) >= 11 is 5.24. The number of benzene rings is 1. The van der Waals surface area contributed by atoms with Gasteiger partial charge in [-0.25, -0.2) is 9.97 Å². The minimum atomic E-state index is 0.780. The van der Waals surface area contributed by atoms with Crippen molar-refractivity contribution in [2.75, 3.05) is 11.9 Å². The molecule has 0 fully saturated rings. The van der Waals surface area contributed by atoms with Crippen LogP contribution in [0.5, 0.6) is 0 Å². The molecule has 1 heterocycles. The number of hydrogen-bond acceptors (Lipinski definition) is 4. The second-order valence-corrected chi connectivity index (χ2v) is 6.26. The van der Waals surface area contributed by atoms with Gasteiger partial charge in [-0.15, -0.1) is 11.8 Å². The highest BCUT2D eigenvalue weighted by atomic mass is 79.9. The smallest absolute Gasteiger partial charge is 0.141 e. The van der Waals surface area contributed by atoms with Crippen molar-refractivity contribution in [1.29, 1.82) is 0 Å². The van der Waals surface area contributed by atoms with Crippen LogP contribution < -0.4 is 5.32 Å². The number of rotatable bonds is 6. The number of nitrogens with zero attached hydrogens (tertiary/aromatic N) is 2. The molecule has 0 aliphatic rings. The van der Waals surface area contributed by atoms with E-state index in [0.717, 1.165) is 40.5 Å². The van der Waals surface area contributed by atoms with E-state index in [9.17, 15) is 0 Å². The first-order chi connectivity index (χ1) is 9.71. The van der Waals surface area contributed by atoms with Crippen molar-refractivity contribution < 1.29 is 0 Å². The zero-order chi connectivity index (χ0) is 14.4. The summed E-state index contributed by atoms with van der Waals surface area (Å²) in [5.41, 5.74) is 1.08. The van der Waals surface area contributed by atoms with Gasteiger partial charge in [0.25, 0.3) is 0 Å². The van der Waals surface area contributed by atoms with Crippen LogP contribution in [0, 0.1) is 0 Å². The van der Waals surface area contributed by atoms with Gasteiger partial charge in [0.1, 0.15) is 11.6 Å². The molecule has 0 spiro atoms. The third-order valence-corrected chi connectivity index (χ3v) is 4.19. The number of nitrogens with one attached hydrogen (secondary N) is 1. The fraction of sp³-hybridized carbons (Fsp3) is 0.333. The summed E-state index contributed by atoms with van der Waals surface area (Å²) < 4.78 is 1.10. The molecule has 5 heteroatoms. The van der Waals surface area contributed by atoms with Crippen LogP contribution in [0.2, 0.25) is 0 Å². The van der Waals surface area contributed by atoms with Gasteiger partial charge in [0, 0.05) is 27.7 Å². The molecule has 1 aromatic heterocycles. The van der Waals surface area contributed by atoms with Gasteiger partial charge in [-0.1, -0.05) is 28.9 Å². The van der Waals surface area contributed by atoms with Gasteiger partial charge in [0.15, 0.2) is 0 Å². The Labute approximate surface area is 132 Å². The number of thioether (sulfide) groups is 1. The minimum absolute atomic E-state index is 0.780. The number of anilines is 1. The maximum atomic E-state index is 4.59. The molecule has 0 amide bonds. The number of halogens is 1. The molecule has 0 aliphatic heterocycles. The van der Waals surface area contributed by atoms with Gasteiger partial charge < -0.3 is 5.32 Å². The van der Waals surface area contributed by atoms with Crippen LogP contribution in [-0.4, -0.2) is 16.5 Å². The van der Waals surface area contributed by atoms with Crippen molar-refractivity contribution in [3.8, 4) is 0 Å². The fourth-order valence-corrected chi connectivity index (χ4v) is 3.13. The lowest BCUT2D eigenvalue weighted by Crippen LogP contribution is -2.05. The largest absolute Gasteiger partial charge is 0.370 e. The summed E-state index contributed by atoms with van der Waals surface area (Å²) in [7, 11) is 0. The monoisotopic (exact) mass is 351 g/mol.